The van der Waals surface area contributed by atoms with E-state index in [1.807, 2.05) is 18.2 Å². The summed E-state index contributed by atoms with van der Waals surface area (Å²) in [6.45, 7) is 0. The molecular formula is C16H14ClNO2. The smallest absolute Gasteiger partial charge is 0.235 e. The van der Waals surface area contributed by atoms with Gasteiger partial charge in [0.05, 0.1) is 11.1 Å². The normalized spacial score (nSPS) is 15.7. The van der Waals surface area contributed by atoms with Crippen LogP contribution in [0.5, 0.6) is 5.75 Å². The fourth-order valence-electron chi connectivity index (χ4n) is 2.38. The summed E-state index contributed by atoms with van der Waals surface area (Å²) in [5, 5.41) is 13.2. The van der Waals surface area contributed by atoms with Crippen LogP contribution in [0.2, 0.25) is 5.02 Å². The van der Waals surface area contributed by atoms with Gasteiger partial charge in [0.25, 0.3) is 0 Å². The molecule has 2 aromatic carbocycles. The summed E-state index contributed by atoms with van der Waals surface area (Å²) >= 11 is 6.00. The zero-order chi connectivity index (χ0) is 14.2. The van der Waals surface area contributed by atoms with Crippen molar-refractivity contribution in [3.05, 3.63) is 59.1 Å². The lowest BCUT2D eigenvalue weighted by atomic mass is 9.95. The van der Waals surface area contributed by atoms with Gasteiger partial charge in [0.1, 0.15) is 5.75 Å². The Labute approximate surface area is 122 Å². The highest BCUT2D eigenvalue weighted by Crippen LogP contribution is 2.49. The Morgan fingerprint density at radius 2 is 1.90 bits per heavy atom. The summed E-state index contributed by atoms with van der Waals surface area (Å²) in [6.07, 6.45) is 1.60. The topological polar surface area (TPSA) is 49.3 Å². The number of rotatable bonds is 3. The standard InChI is InChI=1S/C16H14ClNO2/c17-12-5-3-4-11(10-12)16(8-9-16)15(20)18-13-6-1-2-7-14(13)19/h1-7,10,19H,8-9H2,(H,18,20). The Morgan fingerprint density at radius 3 is 2.55 bits per heavy atom. The van der Waals surface area contributed by atoms with E-state index >= 15 is 0 Å². The van der Waals surface area contributed by atoms with Crippen LogP contribution in [0.3, 0.4) is 0 Å². The van der Waals surface area contributed by atoms with Crippen LogP contribution in [-0.2, 0) is 10.2 Å². The van der Waals surface area contributed by atoms with Crippen molar-refractivity contribution in [2.45, 2.75) is 18.3 Å². The van der Waals surface area contributed by atoms with E-state index in [1.165, 1.54) is 0 Å². The van der Waals surface area contributed by atoms with Crippen molar-refractivity contribution in [2.24, 2.45) is 0 Å². The van der Waals surface area contributed by atoms with E-state index in [4.69, 9.17) is 11.6 Å². The lowest BCUT2D eigenvalue weighted by Gasteiger charge is -2.16. The number of halogens is 1. The molecule has 0 aliphatic heterocycles. The zero-order valence-electron chi connectivity index (χ0n) is 10.8. The van der Waals surface area contributed by atoms with Crippen LogP contribution < -0.4 is 5.32 Å². The molecule has 0 unspecified atom stereocenters. The van der Waals surface area contributed by atoms with Crippen molar-refractivity contribution in [3.8, 4) is 5.75 Å². The molecule has 2 aromatic rings. The van der Waals surface area contributed by atoms with Crippen molar-refractivity contribution < 1.29 is 9.90 Å². The van der Waals surface area contributed by atoms with E-state index in [2.05, 4.69) is 5.32 Å². The second-order valence-electron chi connectivity index (χ2n) is 5.06. The van der Waals surface area contributed by atoms with Gasteiger partial charge in [0, 0.05) is 5.02 Å². The fourth-order valence-corrected chi connectivity index (χ4v) is 2.57. The number of benzene rings is 2. The van der Waals surface area contributed by atoms with Gasteiger partial charge in [-0.3, -0.25) is 4.79 Å². The van der Waals surface area contributed by atoms with Crippen LogP contribution in [0.1, 0.15) is 18.4 Å². The number of carbonyl (C=O) groups excluding carboxylic acids is 1. The molecule has 3 rings (SSSR count). The summed E-state index contributed by atoms with van der Waals surface area (Å²) in [4.78, 5) is 12.5. The van der Waals surface area contributed by atoms with Gasteiger partial charge in [-0.05, 0) is 42.7 Å². The van der Waals surface area contributed by atoms with E-state index in [0.29, 0.717) is 10.7 Å². The predicted molar refractivity (Wildman–Crippen MR) is 79.1 cm³/mol. The highest BCUT2D eigenvalue weighted by Gasteiger charge is 2.51. The number of hydrogen-bond donors (Lipinski definition) is 2. The minimum Gasteiger partial charge on any atom is -0.506 e. The summed E-state index contributed by atoms with van der Waals surface area (Å²) in [7, 11) is 0. The second-order valence-corrected chi connectivity index (χ2v) is 5.50. The van der Waals surface area contributed by atoms with Crippen LogP contribution in [0, 0.1) is 0 Å². The third kappa shape index (κ3) is 2.25. The largest absolute Gasteiger partial charge is 0.506 e. The maximum Gasteiger partial charge on any atom is 0.235 e. The average Bonchev–Trinajstić information content (AvgIpc) is 3.23. The Morgan fingerprint density at radius 1 is 1.15 bits per heavy atom. The van der Waals surface area contributed by atoms with E-state index in [1.54, 1.807) is 30.3 Å². The lowest BCUT2D eigenvalue weighted by molar-refractivity contribution is -0.118. The van der Waals surface area contributed by atoms with Gasteiger partial charge in [-0.25, -0.2) is 0 Å². The fraction of sp³-hybridized carbons (Fsp3) is 0.188. The number of phenolic OH excluding ortho intramolecular Hbond substituents is 1. The number of hydrogen-bond acceptors (Lipinski definition) is 2. The average molecular weight is 288 g/mol. The van der Waals surface area contributed by atoms with Crippen molar-refractivity contribution in [1.82, 2.24) is 0 Å². The highest BCUT2D eigenvalue weighted by atomic mass is 35.5. The number of nitrogens with one attached hydrogen (secondary N) is 1. The van der Waals surface area contributed by atoms with Gasteiger partial charge in [0.2, 0.25) is 5.91 Å². The number of para-hydroxylation sites is 2. The molecule has 1 aliphatic carbocycles. The number of amides is 1. The van der Waals surface area contributed by atoms with Crippen molar-refractivity contribution in [1.29, 1.82) is 0 Å². The molecule has 0 saturated heterocycles. The molecule has 0 atom stereocenters. The summed E-state index contributed by atoms with van der Waals surface area (Å²) in [5.74, 6) is -0.0241. The number of phenols is 1. The zero-order valence-corrected chi connectivity index (χ0v) is 11.5. The Bertz CT molecular complexity index is 665. The molecule has 1 saturated carbocycles. The summed E-state index contributed by atoms with van der Waals surface area (Å²) in [6, 6.07) is 14.1. The molecule has 0 spiro atoms. The van der Waals surface area contributed by atoms with E-state index < -0.39 is 5.41 Å². The van der Waals surface area contributed by atoms with Gasteiger partial charge >= 0.3 is 0 Å². The third-order valence-electron chi connectivity index (χ3n) is 3.71. The van der Waals surface area contributed by atoms with Gasteiger partial charge in [0.15, 0.2) is 0 Å². The molecule has 102 valence electrons. The van der Waals surface area contributed by atoms with Crippen molar-refractivity contribution in [2.75, 3.05) is 5.32 Å². The minimum absolute atomic E-state index is 0.0720. The molecule has 0 bridgehead atoms. The van der Waals surface area contributed by atoms with Crippen LogP contribution in [0.4, 0.5) is 5.69 Å². The molecule has 3 nitrogen and oxygen atoms in total. The molecule has 1 fully saturated rings. The van der Waals surface area contributed by atoms with E-state index in [-0.39, 0.29) is 11.7 Å². The van der Waals surface area contributed by atoms with Crippen LogP contribution in [-0.4, -0.2) is 11.0 Å². The number of aromatic hydroxyl groups is 1. The van der Waals surface area contributed by atoms with Gasteiger partial charge in [-0.15, -0.1) is 0 Å². The minimum atomic E-state index is -0.507. The first-order valence-electron chi connectivity index (χ1n) is 6.47. The Kier molecular flexibility index (Phi) is 3.14. The molecule has 0 radical (unpaired) electrons. The SMILES string of the molecule is O=C(Nc1ccccc1O)C1(c2cccc(Cl)c2)CC1. The molecular weight excluding hydrogens is 274 g/mol. The maximum absolute atomic E-state index is 12.5. The van der Waals surface area contributed by atoms with E-state index in [0.717, 1.165) is 18.4 Å². The Balaban J connectivity index is 1.86. The second kappa shape index (κ2) is 4.84. The molecule has 0 heterocycles. The van der Waals surface area contributed by atoms with Crippen molar-refractivity contribution in [3.63, 3.8) is 0 Å². The number of anilines is 1. The van der Waals surface area contributed by atoms with Crippen LogP contribution in [0.15, 0.2) is 48.5 Å². The van der Waals surface area contributed by atoms with Crippen LogP contribution in [0.25, 0.3) is 0 Å². The van der Waals surface area contributed by atoms with Gasteiger partial charge in [-0.2, -0.15) is 0 Å². The molecule has 2 N–H and O–H groups in total. The first kappa shape index (κ1) is 13.0. The summed E-state index contributed by atoms with van der Waals surface area (Å²) in [5.41, 5.74) is 0.858. The third-order valence-corrected chi connectivity index (χ3v) is 3.95. The monoisotopic (exact) mass is 287 g/mol. The van der Waals surface area contributed by atoms with Gasteiger partial charge < -0.3 is 10.4 Å². The molecule has 20 heavy (non-hydrogen) atoms. The first-order chi connectivity index (χ1) is 9.62. The molecule has 4 heteroatoms. The highest BCUT2D eigenvalue weighted by molar-refractivity contribution is 6.30. The molecule has 1 amide bonds. The molecule has 1 aliphatic rings. The van der Waals surface area contributed by atoms with Crippen molar-refractivity contribution >= 4 is 23.2 Å². The quantitative estimate of drug-likeness (QED) is 0.845. The summed E-state index contributed by atoms with van der Waals surface area (Å²) < 4.78 is 0. The van der Waals surface area contributed by atoms with Crippen LogP contribution >= 0.6 is 11.6 Å². The first-order valence-corrected chi connectivity index (χ1v) is 6.85. The number of carbonyl (C=O) groups is 1. The molecule has 0 aromatic heterocycles. The maximum atomic E-state index is 12.5. The van der Waals surface area contributed by atoms with Gasteiger partial charge in [-0.1, -0.05) is 35.9 Å². The Hall–Kier alpha value is -2.00. The van der Waals surface area contributed by atoms with E-state index in [9.17, 15) is 9.90 Å². The predicted octanol–water partition coefficient (Wildman–Crippen LogP) is 3.72. The lowest BCUT2D eigenvalue weighted by Crippen LogP contribution is -2.27.